The smallest absolute Gasteiger partial charge is 0.205 e. The zero-order chi connectivity index (χ0) is 21.6. The van der Waals surface area contributed by atoms with Gasteiger partial charge in [0.2, 0.25) is 5.82 Å². The van der Waals surface area contributed by atoms with E-state index in [-0.39, 0.29) is 0 Å². The van der Waals surface area contributed by atoms with Crippen LogP contribution in [0.1, 0.15) is 50.3 Å². The number of hydrogen-bond acceptors (Lipinski definition) is 5. The van der Waals surface area contributed by atoms with Gasteiger partial charge in [-0.2, -0.15) is 10.3 Å². The standard InChI is InChI=1S/C24H27N7/c1-4-6-11-22-25-23(17(3)5-2)28-31(22)16-18-12-14-19(15-13-18)20-9-7-8-10-21(20)24-26-29-30-27-24/h4,6-10,12-15,17H,5,11,16H2,1-3H3,(H,26,27,29,30). The first-order valence-corrected chi connectivity index (χ1v) is 10.7. The Labute approximate surface area is 182 Å². The minimum atomic E-state index is 0.356. The number of aromatic nitrogens is 7. The quantitative estimate of drug-likeness (QED) is 0.419. The van der Waals surface area contributed by atoms with Gasteiger partial charge >= 0.3 is 0 Å². The molecule has 0 radical (unpaired) electrons. The molecule has 7 nitrogen and oxygen atoms in total. The molecule has 0 aliphatic heterocycles. The van der Waals surface area contributed by atoms with Crippen LogP contribution in [-0.2, 0) is 13.0 Å². The van der Waals surface area contributed by atoms with Gasteiger partial charge < -0.3 is 0 Å². The number of hydrogen-bond donors (Lipinski definition) is 1. The second-order valence-corrected chi connectivity index (χ2v) is 7.60. The Bertz CT molecular complexity index is 1140. The molecule has 1 N–H and O–H groups in total. The minimum absolute atomic E-state index is 0.356. The highest BCUT2D eigenvalue weighted by atomic mass is 15.5. The van der Waals surface area contributed by atoms with Crippen LogP contribution in [0.4, 0.5) is 0 Å². The summed E-state index contributed by atoms with van der Waals surface area (Å²) in [5.41, 5.74) is 4.32. The predicted octanol–water partition coefficient (Wildman–Crippen LogP) is 4.81. The predicted molar refractivity (Wildman–Crippen MR) is 121 cm³/mol. The molecule has 158 valence electrons. The normalized spacial score (nSPS) is 12.5. The molecular formula is C24H27N7. The number of tetrazole rings is 1. The van der Waals surface area contributed by atoms with Gasteiger partial charge in [-0.15, -0.1) is 10.2 Å². The van der Waals surface area contributed by atoms with Gasteiger partial charge in [-0.3, -0.25) is 0 Å². The molecular weight excluding hydrogens is 386 g/mol. The van der Waals surface area contributed by atoms with E-state index in [1.807, 2.05) is 29.8 Å². The summed E-state index contributed by atoms with van der Waals surface area (Å²) in [7, 11) is 0. The largest absolute Gasteiger partial charge is 0.245 e. The van der Waals surface area contributed by atoms with Gasteiger partial charge in [0.1, 0.15) is 5.82 Å². The van der Waals surface area contributed by atoms with Gasteiger partial charge in [-0.05, 0) is 35.2 Å². The van der Waals surface area contributed by atoms with Gasteiger partial charge in [-0.25, -0.2) is 9.67 Å². The SMILES string of the molecule is CC=CCc1nc(C(C)CC)nn1Cc1ccc(-c2ccccc2-c2nn[nH]n2)cc1. The van der Waals surface area contributed by atoms with Crippen LogP contribution in [-0.4, -0.2) is 35.4 Å². The zero-order valence-corrected chi connectivity index (χ0v) is 18.2. The van der Waals surface area contributed by atoms with Crippen molar-refractivity contribution in [3.63, 3.8) is 0 Å². The van der Waals surface area contributed by atoms with E-state index in [1.54, 1.807) is 0 Å². The van der Waals surface area contributed by atoms with E-state index in [9.17, 15) is 0 Å². The average molecular weight is 414 g/mol. The summed E-state index contributed by atoms with van der Waals surface area (Å²) in [5, 5.41) is 19.3. The van der Waals surface area contributed by atoms with Crippen molar-refractivity contribution in [3.8, 4) is 22.5 Å². The van der Waals surface area contributed by atoms with E-state index in [4.69, 9.17) is 10.1 Å². The Hall–Kier alpha value is -3.61. The molecule has 0 bridgehead atoms. The monoisotopic (exact) mass is 413 g/mol. The third kappa shape index (κ3) is 4.60. The van der Waals surface area contributed by atoms with Gasteiger partial charge in [0.25, 0.3) is 0 Å². The Morgan fingerprint density at radius 1 is 1.06 bits per heavy atom. The first kappa shape index (κ1) is 20.7. The summed E-state index contributed by atoms with van der Waals surface area (Å²) in [4.78, 5) is 4.80. The number of benzene rings is 2. The van der Waals surface area contributed by atoms with Crippen LogP contribution in [0.3, 0.4) is 0 Å². The van der Waals surface area contributed by atoms with Crippen LogP contribution in [0, 0.1) is 0 Å². The maximum absolute atomic E-state index is 4.80. The molecule has 0 amide bonds. The number of nitrogens with one attached hydrogen (secondary N) is 1. The lowest BCUT2D eigenvalue weighted by molar-refractivity contribution is 0.618. The molecule has 0 aliphatic carbocycles. The number of aromatic amines is 1. The lowest BCUT2D eigenvalue weighted by atomic mass is 9.98. The third-order valence-electron chi connectivity index (χ3n) is 5.46. The molecule has 7 heteroatoms. The van der Waals surface area contributed by atoms with Crippen LogP contribution < -0.4 is 0 Å². The lowest BCUT2D eigenvalue weighted by Gasteiger charge is -2.09. The Morgan fingerprint density at radius 2 is 1.84 bits per heavy atom. The van der Waals surface area contributed by atoms with Gasteiger partial charge in [-0.1, -0.05) is 74.5 Å². The maximum atomic E-state index is 4.80. The topological polar surface area (TPSA) is 85.2 Å². The maximum Gasteiger partial charge on any atom is 0.205 e. The third-order valence-corrected chi connectivity index (χ3v) is 5.46. The number of nitrogens with zero attached hydrogens (tertiary/aromatic N) is 6. The second kappa shape index (κ2) is 9.47. The van der Waals surface area contributed by atoms with E-state index >= 15 is 0 Å². The summed E-state index contributed by atoms with van der Waals surface area (Å²) in [5.74, 6) is 2.87. The highest BCUT2D eigenvalue weighted by molar-refractivity contribution is 5.80. The molecule has 2 aromatic carbocycles. The molecule has 1 atom stereocenters. The van der Waals surface area contributed by atoms with Crippen LogP contribution in [0.5, 0.6) is 0 Å². The van der Waals surface area contributed by atoms with Crippen molar-refractivity contribution in [2.75, 3.05) is 0 Å². The van der Waals surface area contributed by atoms with Gasteiger partial charge in [0, 0.05) is 17.9 Å². The van der Waals surface area contributed by atoms with Crippen molar-refractivity contribution >= 4 is 0 Å². The zero-order valence-electron chi connectivity index (χ0n) is 18.2. The van der Waals surface area contributed by atoms with Crippen molar-refractivity contribution in [1.29, 1.82) is 0 Å². The number of H-pyrrole nitrogens is 1. The van der Waals surface area contributed by atoms with E-state index in [0.29, 0.717) is 18.3 Å². The second-order valence-electron chi connectivity index (χ2n) is 7.60. The summed E-state index contributed by atoms with van der Waals surface area (Å²) in [6.45, 7) is 7.07. The Morgan fingerprint density at radius 3 is 2.52 bits per heavy atom. The molecule has 4 rings (SSSR count). The fourth-order valence-corrected chi connectivity index (χ4v) is 3.45. The molecule has 0 saturated carbocycles. The molecule has 0 spiro atoms. The van der Waals surface area contributed by atoms with Crippen molar-refractivity contribution < 1.29 is 0 Å². The van der Waals surface area contributed by atoms with Crippen molar-refractivity contribution in [2.24, 2.45) is 0 Å². The molecule has 0 fully saturated rings. The lowest BCUT2D eigenvalue weighted by Crippen LogP contribution is -2.07. The van der Waals surface area contributed by atoms with Crippen LogP contribution in [0.15, 0.2) is 60.7 Å². The molecule has 0 aliphatic rings. The van der Waals surface area contributed by atoms with Gasteiger partial charge in [0.15, 0.2) is 5.82 Å². The van der Waals surface area contributed by atoms with Crippen LogP contribution in [0.2, 0.25) is 0 Å². The summed E-state index contributed by atoms with van der Waals surface area (Å²) in [6, 6.07) is 16.6. The average Bonchev–Trinajstić information content (AvgIpc) is 3.48. The summed E-state index contributed by atoms with van der Waals surface area (Å²) in [6.07, 6.45) is 5.99. The molecule has 31 heavy (non-hydrogen) atoms. The number of allylic oxidation sites excluding steroid dienone is 2. The van der Waals surface area contributed by atoms with E-state index < -0.39 is 0 Å². The fourth-order valence-electron chi connectivity index (χ4n) is 3.45. The fraction of sp³-hybridized carbons (Fsp3) is 0.292. The first-order valence-electron chi connectivity index (χ1n) is 10.7. The van der Waals surface area contributed by atoms with Gasteiger partial charge in [0.05, 0.1) is 6.54 Å². The highest BCUT2D eigenvalue weighted by Crippen LogP contribution is 2.29. The van der Waals surface area contributed by atoms with E-state index in [1.165, 1.54) is 5.56 Å². The minimum Gasteiger partial charge on any atom is -0.245 e. The highest BCUT2D eigenvalue weighted by Gasteiger charge is 2.15. The van der Waals surface area contributed by atoms with Crippen molar-refractivity contribution in [2.45, 2.75) is 46.1 Å². The first-order chi connectivity index (χ1) is 15.2. The van der Waals surface area contributed by atoms with Crippen LogP contribution in [0.25, 0.3) is 22.5 Å². The Balaban J connectivity index is 1.60. The van der Waals surface area contributed by atoms with Crippen LogP contribution >= 0.6 is 0 Å². The number of rotatable bonds is 8. The van der Waals surface area contributed by atoms with Crippen molar-refractivity contribution in [3.05, 3.63) is 77.9 Å². The molecule has 2 heterocycles. The van der Waals surface area contributed by atoms with E-state index in [0.717, 1.165) is 41.2 Å². The molecule has 2 aromatic heterocycles. The molecule has 1 unspecified atom stereocenters. The summed E-state index contributed by atoms with van der Waals surface area (Å²) < 4.78 is 2.03. The van der Waals surface area contributed by atoms with Crippen molar-refractivity contribution in [1.82, 2.24) is 35.4 Å². The summed E-state index contributed by atoms with van der Waals surface area (Å²) >= 11 is 0. The molecule has 4 aromatic rings. The Kier molecular flexibility index (Phi) is 6.31. The molecule has 0 saturated heterocycles. The van der Waals surface area contributed by atoms with E-state index in [2.05, 4.69) is 77.0 Å².